The molecule has 2 heterocycles. The molecule has 0 atom stereocenters. The number of nitrogens with zero attached hydrogens (tertiary/aromatic N) is 1. The Morgan fingerprint density at radius 1 is 0.868 bits per heavy atom. The van der Waals surface area contributed by atoms with Crippen LogP contribution in [-0.4, -0.2) is 40.3 Å². The second-order valence-corrected chi connectivity index (χ2v) is 11.2. The Hall–Kier alpha value is -5.96. The van der Waals surface area contributed by atoms with E-state index in [2.05, 4.69) is 72.6 Å². The van der Waals surface area contributed by atoms with Crippen molar-refractivity contribution in [1.82, 2.24) is 0 Å². The third kappa shape index (κ3) is 15.0. The van der Waals surface area contributed by atoms with E-state index in [9.17, 15) is 14.7 Å². The Labute approximate surface area is 314 Å². The molecule has 1 aliphatic heterocycles. The lowest BCUT2D eigenvalue weighted by Gasteiger charge is -2.31. The molecule has 0 aliphatic carbocycles. The zero-order valence-electron chi connectivity index (χ0n) is 32.5. The number of anilines is 3. The zero-order valence-corrected chi connectivity index (χ0v) is 32.5. The first-order chi connectivity index (χ1) is 25.4. The van der Waals surface area contributed by atoms with Crippen molar-refractivity contribution in [3.8, 4) is 11.3 Å². The first-order valence-electron chi connectivity index (χ1n) is 17.9. The molecule has 3 aromatic carbocycles. The molecule has 0 fully saturated rings. The average molecular weight is 722 g/mol. The highest BCUT2D eigenvalue weighted by Crippen LogP contribution is 2.36. The van der Waals surface area contributed by atoms with Crippen LogP contribution in [0.4, 0.5) is 17.1 Å². The summed E-state index contributed by atoms with van der Waals surface area (Å²) in [6.45, 7) is 18.3. The van der Waals surface area contributed by atoms with Crippen LogP contribution >= 0.6 is 0 Å². The lowest BCUT2D eigenvalue weighted by molar-refractivity contribution is -0.134. The second-order valence-electron chi connectivity index (χ2n) is 11.2. The van der Waals surface area contributed by atoms with Gasteiger partial charge in [0.2, 0.25) is 0 Å². The molecule has 0 saturated heterocycles. The number of nitrogens with one attached hydrogen (secondary N) is 2. The average Bonchev–Trinajstić information content (AvgIpc) is 3.64. The molecule has 9 nitrogen and oxygen atoms in total. The number of amides is 1. The van der Waals surface area contributed by atoms with Gasteiger partial charge in [0.1, 0.15) is 11.5 Å². The van der Waals surface area contributed by atoms with Crippen LogP contribution in [0.1, 0.15) is 78.7 Å². The van der Waals surface area contributed by atoms with Gasteiger partial charge >= 0.3 is 5.97 Å². The molecule has 9 heteroatoms. The molecular formula is C44H55N3O6. The summed E-state index contributed by atoms with van der Waals surface area (Å²) < 4.78 is 5.99. The van der Waals surface area contributed by atoms with Crippen LogP contribution in [0.2, 0.25) is 0 Å². The van der Waals surface area contributed by atoms with Crippen molar-refractivity contribution in [2.24, 2.45) is 0 Å². The Morgan fingerprint density at radius 3 is 2.04 bits per heavy atom. The fourth-order valence-corrected chi connectivity index (χ4v) is 4.92. The number of hydrogen-bond donors (Lipinski definition) is 4. The van der Waals surface area contributed by atoms with E-state index in [4.69, 9.17) is 19.7 Å². The third-order valence-corrected chi connectivity index (χ3v) is 7.39. The van der Waals surface area contributed by atoms with Crippen molar-refractivity contribution in [2.45, 2.75) is 75.2 Å². The normalized spacial score (nSPS) is 11.8. The summed E-state index contributed by atoms with van der Waals surface area (Å²) in [4.78, 5) is 35.7. The van der Waals surface area contributed by atoms with Crippen molar-refractivity contribution < 1.29 is 29.0 Å². The molecular weight excluding hydrogens is 666 g/mol. The highest BCUT2D eigenvalue weighted by molar-refractivity contribution is 6.50. The van der Waals surface area contributed by atoms with Crippen molar-refractivity contribution >= 4 is 46.7 Å². The molecule has 5 rings (SSSR count). The Bertz CT molecular complexity index is 1850. The van der Waals surface area contributed by atoms with Crippen molar-refractivity contribution in [2.75, 3.05) is 16.8 Å². The lowest BCUT2D eigenvalue weighted by atomic mass is 9.97. The van der Waals surface area contributed by atoms with Gasteiger partial charge in [-0.3, -0.25) is 15.0 Å². The largest absolute Gasteiger partial charge is 0.481 e. The summed E-state index contributed by atoms with van der Waals surface area (Å²) in [6, 6.07) is 26.8. The van der Waals surface area contributed by atoms with Gasteiger partial charge in [-0.05, 0) is 107 Å². The number of rotatable bonds is 8. The fourth-order valence-electron chi connectivity index (χ4n) is 4.92. The number of carbonyl (C=O) groups excluding carboxylic acids is 1. The van der Waals surface area contributed by atoms with Gasteiger partial charge < -0.3 is 24.8 Å². The maximum atomic E-state index is 12.8. The molecule has 1 amide bonds. The van der Waals surface area contributed by atoms with E-state index >= 15 is 0 Å². The van der Waals surface area contributed by atoms with Crippen LogP contribution in [0.15, 0.2) is 119 Å². The molecule has 53 heavy (non-hydrogen) atoms. The number of carbonyl (C=O) groups is 3. The minimum Gasteiger partial charge on any atom is -0.481 e. The molecule has 0 radical (unpaired) electrons. The van der Waals surface area contributed by atoms with E-state index < -0.39 is 23.6 Å². The first-order valence-corrected chi connectivity index (χ1v) is 17.9. The SMILES string of the molecule is C/C=C\C(C)=C/C.CC.CC.CC(=O)O.Cc1ccc(N2CCCc3cc(-c4ccc(/C=C(/C(=N)C(=O)O)C(=O)Nc5ccccc5)o4)ccc32)cc1. The molecule has 0 unspecified atom stereocenters. The number of para-hydroxylation sites is 1. The van der Waals surface area contributed by atoms with Crippen LogP contribution in [0.3, 0.4) is 0 Å². The number of furan rings is 1. The van der Waals surface area contributed by atoms with Gasteiger partial charge in [0.15, 0.2) is 5.71 Å². The first kappa shape index (κ1) is 45.1. The molecule has 0 bridgehead atoms. The summed E-state index contributed by atoms with van der Waals surface area (Å²) in [5, 5.41) is 27.4. The molecule has 4 aromatic rings. The third-order valence-electron chi connectivity index (χ3n) is 7.39. The second kappa shape index (κ2) is 24.3. The minimum atomic E-state index is -1.50. The van der Waals surface area contributed by atoms with E-state index in [0.29, 0.717) is 11.4 Å². The maximum Gasteiger partial charge on any atom is 0.354 e. The lowest BCUT2D eigenvalue weighted by Crippen LogP contribution is -2.25. The number of carboxylic acid groups (broad SMARTS) is 2. The van der Waals surface area contributed by atoms with E-state index in [1.165, 1.54) is 28.5 Å². The van der Waals surface area contributed by atoms with E-state index in [-0.39, 0.29) is 11.3 Å². The Morgan fingerprint density at radius 2 is 1.49 bits per heavy atom. The monoisotopic (exact) mass is 721 g/mol. The number of carboxylic acids is 2. The topological polar surface area (TPSA) is 144 Å². The van der Waals surface area contributed by atoms with Gasteiger partial charge in [-0.2, -0.15) is 0 Å². The molecule has 1 aliphatic rings. The summed E-state index contributed by atoms with van der Waals surface area (Å²) in [5.41, 5.74) is 6.36. The smallest absolute Gasteiger partial charge is 0.354 e. The van der Waals surface area contributed by atoms with E-state index in [1.54, 1.807) is 42.5 Å². The summed E-state index contributed by atoms with van der Waals surface area (Å²) in [5.74, 6) is -2.16. The number of allylic oxidation sites excluding steroid dienone is 4. The van der Waals surface area contributed by atoms with Crippen LogP contribution in [0.5, 0.6) is 0 Å². The van der Waals surface area contributed by atoms with Crippen LogP contribution in [0, 0.1) is 12.3 Å². The Kier molecular flexibility index (Phi) is 20.6. The predicted octanol–water partition coefficient (Wildman–Crippen LogP) is 11.1. The van der Waals surface area contributed by atoms with Crippen molar-refractivity contribution in [3.05, 3.63) is 131 Å². The van der Waals surface area contributed by atoms with E-state index in [1.807, 2.05) is 53.7 Å². The highest BCUT2D eigenvalue weighted by Gasteiger charge is 2.23. The number of aryl methyl sites for hydroxylation is 2. The highest BCUT2D eigenvalue weighted by atomic mass is 16.4. The standard InChI is InChI=1S/C31H27N3O4.C7H12.C2H4O2.2C2H6/c1-20-9-12-24(13-10-20)34-17-5-6-21-18-22(11-15-27(21)34)28-16-14-25(38-28)19-26(29(32)31(36)37)30(35)33-23-7-3-2-4-8-23;1-4-6-7(3)5-2;1-2(3)4;2*1-2/h2-4,7-16,18-19,32H,5-6,17H2,1H3,(H,33,35)(H,36,37);4-6H,1-3H3;1H3,(H,3,4);2*1-2H3/b26-19-,32-29?;6-4-,7-5-;;;. The zero-order chi connectivity index (χ0) is 39.9. The van der Waals surface area contributed by atoms with Crippen LogP contribution in [-0.2, 0) is 20.8 Å². The number of benzene rings is 3. The van der Waals surface area contributed by atoms with Gasteiger partial charge in [0.05, 0.1) is 5.57 Å². The van der Waals surface area contributed by atoms with Gasteiger partial charge in [-0.25, -0.2) is 4.79 Å². The van der Waals surface area contributed by atoms with Crippen LogP contribution < -0.4 is 10.2 Å². The molecule has 0 spiro atoms. The molecule has 1 aromatic heterocycles. The fraction of sp³-hybridized carbons (Fsp3) is 0.273. The minimum absolute atomic E-state index is 0.281. The van der Waals surface area contributed by atoms with Crippen molar-refractivity contribution in [3.63, 3.8) is 0 Å². The molecule has 0 saturated carbocycles. The predicted molar refractivity (Wildman–Crippen MR) is 219 cm³/mol. The Balaban J connectivity index is 0.000000803. The van der Waals surface area contributed by atoms with Gasteiger partial charge in [0, 0.05) is 36.1 Å². The number of hydrogen-bond acceptors (Lipinski definition) is 6. The van der Waals surface area contributed by atoms with Gasteiger partial charge in [-0.15, -0.1) is 0 Å². The van der Waals surface area contributed by atoms with E-state index in [0.717, 1.165) is 37.6 Å². The molecule has 4 N–H and O–H groups in total. The van der Waals surface area contributed by atoms with Gasteiger partial charge in [-0.1, -0.05) is 87.4 Å². The van der Waals surface area contributed by atoms with Crippen molar-refractivity contribution in [1.29, 1.82) is 5.41 Å². The number of aliphatic carboxylic acids is 2. The van der Waals surface area contributed by atoms with Crippen LogP contribution in [0.25, 0.3) is 17.4 Å². The summed E-state index contributed by atoms with van der Waals surface area (Å²) in [7, 11) is 0. The quantitative estimate of drug-likeness (QED) is 0.0805. The summed E-state index contributed by atoms with van der Waals surface area (Å²) >= 11 is 0. The van der Waals surface area contributed by atoms with Gasteiger partial charge in [0.25, 0.3) is 11.9 Å². The number of fused-ring (bicyclic) bond motifs is 1. The summed E-state index contributed by atoms with van der Waals surface area (Å²) in [6.07, 6.45) is 9.48. The molecule has 282 valence electrons. The maximum absolute atomic E-state index is 12.8.